The van der Waals surface area contributed by atoms with Crippen LogP contribution >= 0.6 is 19.6 Å². The zero-order valence-corrected chi connectivity index (χ0v) is 19.3. The zero-order chi connectivity index (χ0) is 21.6. The summed E-state index contributed by atoms with van der Waals surface area (Å²) in [5.41, 5.74) is -1.11. The number of carbonyl (C=O) groups excluding carboxylic acids is 1. The molecular formula is C20H33O6PS. The van der Waals surface area contributed by atoms with Crippen molar-refractivity contribution in [2.75, 3.05) is 12.4 Å². The van der Waals surface area contributed by atoms with Crippen LogP contribution in [-0.2, 0) is 13.9 Å². The molecule has 0 bridgehead atoms. The lowest BCUT2D eigenvalue weighted by Gasteiger charge is -2.45. The number of para-hydroxylation sites is 1. The highest BCUT2D eigenvalue weighted by atomic mass is 32.2. The lowest BCUT2D eigenvalue weighted by Crippen LogP contribution is -2.47. The SMILES string of the molecule is CCC(C)(CC(C)(C(=O)Oc1ccccc1)C(C)(C)C)SCCOP(=O)(O)O. The van der Waals surface area contributed by atoms with E-state index in [0.717, 1.165) is 6.42 Å². The first kappa shape index (κ1) is 25.2. The molecule has 0 aliphatic rings. The minimum atomic E-state index is -4.47. The summed E-state index contributed by atoms with van der Waals surface area (Å²) in [6.45, 7) is 12.1. The zero-order valence-electron chi connectivity index (χ0n) is 17.6. The van der Waals surface area contributed by atoms with Gasteiger partial charge in [0.2, 0.25) is 0 Å². The van der Waals surface area contributed by atoms with Crippen molar-refractivity contribution in [3.05, 3.63) is 30.3 Å². The van der Waals surface area contributed by atoms with Gasteiger partial charge < -0.3 is 14.5 Å². The predicted molar refractivity (Wildman–Crippen MR) is 113 cm³/mol. The monoisotopic (exact) mass is 432 g/mol. The predicted octanol–water partition coefficient (Wildman–Crippen LogP) is 5.05. The van der Waals surface area contributed by atoms with Crippen LogP contribution in [0.25, 0.3) is 0 Å². The van der Waals surface area contributed by atoms with E-state index in [0.29, 0.717) is 17.9 Å². The Morgan fingerprint density at radius 1 is 1.11 bits per heavy atom. The van der Waals surface area contributed by atoms with Crippen LogP contribution in [0.15, 0.2) is 30.3 Å². The molecule has 8 heteroatoms. The minimum absolute atomic E-state index is 0.0504. The van der Waals surface area contributed by atoms with Crippen molar-refractivity contribution in [3.8, 4) is 5.75 Å². The summed E-state index contributed by atoms with van der Waals surface area (Å²) < 4.78 is 20.8. The molecule has 2 atom stereocenters. The Balaban J connectivity index is 2.95. The Morgan fingerprint density at radius 3 is 2.14 bits per heavy atom. The summed E-state index contributed by atoms with van der Waals surface area (Å²) >= 11 is 1.56. The van der Waals surface area contributed by atoms with E-state index in [1.54, 1.807) is 23.9 Å². The van der Waals surface area contributed by atoms with Crippen LogP contribution in [0.2, 0.25) is 0 Å². The molecule has 1 aromatic carbocycles. The standard InChI is InChI=1S/C20H33O6PS/c1-7-19(5,28-14-13-25-27(22,23)24)15-20(6,18(2,3)4)17(21)26-16-11-9-8-10-12-16/h8-12H,7,13-15H2,1-6H3,(H2,22,23,24). The number of hydrogen-bond donors (Lipinski definition) is 2. The summed E-state index contributed by atoms with van der Waals surface area (Å²) in [6.07, 6.45) is 1.35. The van der Waals surface area contributed by atoms with Crippen molar-refractivity contribution in [1.29, 1.82) is 0 Å². The molecule has 2 unspecified atom stereocenters. The van der Waals surface area contributed by atoms with E-state index >= 15 is 0 Å². The van der Waals surface area contributed by atoms with Gasteiger partial charge in [-0.05, 0) is 37.3 Å². The van der Waals surface area contributed by atoms with Crippen molar-refractivity contribution in [2.45, 2.75) is 59.1 Å². The first-order valence-corrected chi connectivity index (χ1v) is 11.9. The largest absolute Gasteiger partial charge is 0.469 e. The Morgan fingerprint density at radius 2 is 1.68 bits per heavy atom. The van der Waals surface area contributed by atoms with Gasteiger partial charge in [-0.2, -0.15) is 11.8 Å². The van der Waals surface area contributed by atoms with E-state index in [9.17, 15) is 9.36 Å². The van der Waals surface area contributed by atoms with Crippen molar-refractivity contribution >= 4 is 25.6 Å². The molecule has 0 fully saturated rings. The van der Waals surface area contributed by atoms with Gasteiger partial charge in [0.05, 0.1) is 12.0 Å². The number of phosphoric acid groups is 1. The maximum Gasteiger partial charge on any atom is 0.469 e. The number of carbonyl (C=O) groups is 1. The van der Waals surface area contributed by atoms with Crippen molar-refractivity contribution in [2.24, 2.45) is 10.8 Å². The molecule has 0 spiro atoms. The van der Waals surface area contributed by atoms with Gasteiger partial charge in [0, 0.05) is 10.5 Å². The number of esters is 1. The van der Waals surface area contributed by atoms with E-state index in [1.165, 1.54) is 0 Å². The topological polar surface area (TPSA) is 93.1 Å². The quantitative estimate of drug-likeness (QED) is 0.231. The number of benzene rings is 1. The molecule has 0 aliphatic heterocycles. The molecule has 0 heterocycles. The number of rotatable bonds is 10. The van der Waals surface area contributed by atoms with E-state index in [2.05, 4.69) is 11.4 Å². The average molecular weight is 433 g/mol. The van der Waals surface area contributed by atoms with Crippen molar-refractivity contribution in [3.63, 3.8) is 0 Å². The Bertz CT molecular complexity index is 684. The fourth-order valence-corrected chi connectivity index (χ4v) is 4.53. The Labute approximate surface area is 172 Å². The first-order chi connectivity index (χ1) is 12.7. The molecule has 1 rings (SSSR count). The van der Waals surface area contributed by atoms with Gasteiger partial charge in [-0.25, -0.2) is 4.57 Å². The third-order valence-electron chi connectivity index (χ3n) is 5.33. The maximum atomic E-state index is 13.2. The molecule has 0 amide bonds. The number of hydrogen-bond acceptors (Lipinski definition) is 5. The van der Waals surface area contributed by atoms with Crippen LogP contribution < -0.4 is 4.74 Å². The first-order valence-electron chi connectivity index (χ1n) is 9.34. The number of ether oxygens (including phenoxy) is 1. The maximum absolute atomic E-state index is 13.2. The van der Waals surface area contributed by atoms with Gasteiger partial charge in [-0.1, -0.05) is 52.8 Å². The summed E-state index contributed by atoms with van der Waals surface area (Å²) in [6, 6.07) is 9.03. The summed E-state index contributed by atoms with van der Waals surface area (Å²) in [5.74, 6) is 0.658. The van der Waals surface area contributed by atoms with Crippen LogP contribution in [0.1, 0.15) is 54.4 Å². The van der Waals surface area contributed by atoms with E-state index in [4.69, 9.17) is 14.5 Å². The van der Waals surface area contributed by atoms with Crippen LogP contribution in [0.4, 0.5) is 0 Å². The molecule has 0 saturated carbocycles. The number of thioether (sulfide) groups is 1. The molecule has 160 valence electrons. The Hall–Kier alpha value is -0.850. The third-order valence-corrected chi connectivity index (χ3v) is 7.35. The van der Waals surface area contributed by atoms with Crippen LogP contribution in [0.5, 0.6) is 5.75 Å². The van der Waals surface area contributed by atoms with Crippen LogP contribution in [-0.4, -0.2) is 32.9 Å². The van der Waals surface area contributed by atoms with E-state index in [1.807, 2.05) is 52.8 Å². The highest BCUT2D eigenvalue weighted by Gasteiger charge is 2.49. The van der Waals surface area contributed by atoms with E-state index in [-0.39, 0.29) is 22.7 Å². The average Bonchev–Trinajstić information content (AvgIpc) is 2.58. The molecule has 2 N–H and O–H groups in total. The molecule has 0 radical (unpaired) electrons. The van der Waals surface area contributed by atoms with Crippen LogP contribution in [0, 0.1) is 10.8 Å². The minimum Gasteiger partial charge on any atom is -0.426 e. The van der Waals surface area contributed by atoms with Gasteiger partial charge >= 0.3 is 13.8 Å². The van der Waals surface area contributed by atoms with Crippen molar-refractivity contribution < 1.29 is 28.4 Å². The molecule has 28 heavy (non-hydrogen) atoms. The third kappa shape index (κ3) is 7.53. The highest BCUT2D eigenvalue weighted by molar-refractivity contribution is 8.00. The van der Waals surface area contributed by atoms with Crippen molar-refractivity contribution in [1.82, 2.24) is 0 Å². The van der Waals surface area contributed by atoms with Gasteiger partial charge in [-0.3, -0.25) is 9.32 Å². The lowest BCUT2D eigenvalue weighted by atomic mass is 9.63. The molecule has 6 nitrogen and oxygen atoms in total. The summed E-state index contributed by atoms with van der Waals surface area (Å²) in [7, 11) is -4.47. The molecule has 0 saturated heterocycles. The summed E-state index contributed by atoms with van der Waals surface area (Å²) in [4.78, 5) is 30.8. The van der Waals surface area contributed by atoms with Gasteiger partial charge in [0.1, 0.15) is 5.75 Å². The Kier molecular flexibility index (Phi) is 8.79. The smallest absolute Gasteiger partial charge is 0.426 e. The van der Waals surface area contributed by atoms with Gasteiger partial charge in [0.25, 0.3) is 0 Å². The molecular weight excluding hydrogens is 399 g/mol. The molecule has 0 aliphatic carbocycles. The number of phosphoric ester groups is 1. The highest BCUT2D eigenvalue weighted by Crippen LogP contribution is 2.50. The summed E-state index contributed by atoms with van der Waals surface area (Å²) in [5, 5.41) is 0. The lowest BCUT2D eigenvalue weighted by molar-refractivity contribution is -0.152. The fraction of sp³-hybridized carbons (Fsp3) is 0.650. The molecule has 1 aromatic rings. The second-order valence-electron chi connectivity index (χ2n) is 8.44. The fourth-order valence-electron chi connectivity index (χ4n) is 2.82. The van der Waals surface area contributed by atoms with E-state index < -0.39 is 13.2 Å². The second-order valence-corrected chi connectivity index (χ2v) is 11.4. The van der Waals surface area contributed by atoms with Crippen LogP contribution in [0.3, 0.4) is 0 Å². The normalized spacial score (nSPS) is 16.9. The molecule has 0 aromatic heterocycles. The second kappa shape index (κ2) is 9.77. The van der Waals surface area contributed by atoms with Gasteiger partial charge in [0.15, 0.2) is 0 Å². The van der Waals surface area contributed by atoms with Gasteiger partial charge in [-0.15, -0.1) is 0 Å².